The van der Waals surface area contributed by atoms with E-state index >= 15 is 0 Å². The molecule has 0 aromatic carbocycles. The Hall–Kier alpha value is -0.0800. The number of hydrogen-bond donors (Lipinski definition) is 2. The minimum Gasteiger partial charge on any atom is -0.389 e. The molecule has 2 N–H and O–H groups in total. The molecule has 108 valence electrons. The van der Waals surface area contributed by atoms with Crippen LogP contribution in [0.5, 0.6) is 0 Å². The van der Waals surface area contributed by atoms with E-state index in [9.17, 15) is 5.11 Å². The van der Waals surface area contributed by atoms with Crippen molar-refractivity contribution in [2.24, 2.45) is 11.3 Å². The van der Waals surface area contributed by atoms with Crippen LogP contribution in [0.4, 0.5) is 0 Å². The zero-order chi connectivity index (χ0) is 13.8. The summed E-state index contributed by atoms with van der Waals surface area (Å²) in [4.78, 5) is 0. The molecule has 0 amide bonds. The van der Waals surface area contributed by atoms with Gasteiger partial charge in [0, 0.05) is 12.6 Å². The molecule has 0 bridgehead atoms. The van der Waals surface area contributed by atoms with Crippen molar-refractivity contribution in [1.29, 1.82) is 0 Å². The van der Waals surface area contributed by atoms with Crippen molar-refractivity contribution in [3.63, 3.8) is 0 Å². The van der Waals surface area contributed by atoms with Gasteiger partial charge < -0.3 is 10.4 Å². The molecule has 0 heterocycles. The van der Waals surface area contributed by atoms with E-state index < -0.39 is 5.60 Å². The SMILES string of the molecule is CCC(O)(CC)CNC1CCCCC1C(C)(C)C. The summed E-state index contributed by atoms with van der Waals surface area (Å²) in [5, 5.41) is 14.1. The molecule has 0 spiro atoms. The molecule has 2 nitrogen and oxygen atoms in total. The van der Waals surface area contributed by atoms with Crippen molar-refractivity contribution in [1.82, 2.24) is 5.32 Å². The number of aliphatic hydroxyl groups is 1. The van der Waals surface area contributed by atoms with Gasteiger partial charge in [-0.05, 0) is 37.0 Å². The highest BCUT2D eigenvalue weighted by Crippen LogP contribution is 2.38. The second-order valence-electron chi connectivity index (χ2n) is 7.18. The Bertz CT molecular complexity index is 240. The lowest BCUT2D eigenvalue weighted by atomic mass is 9.69. The van der Waals surface area contributed by atoms with Crippen LogP contribution in [-0.4, -0.2) is 23.3 Å². The van der Waals surface area contributed by atoms with E-state index in [1.54, 1.807) is 0 Å². The molecule has 0 radical (unpaired) electrons. The van der Waals surface area contributed by atoms with Gasteiger partial charge in [0.2, 0.25) is 0 Å². The van der Waals surface area contributed by atoms with E-state index in [0.717, 1.165) is 25.3 Å². The third-order valence-corrected chi connectivity index (χ3v) is 4.89. The molecule has 2 unspecified atom stereocenters. The van der Waals surface area contributed by atoms with E-state index in [2.05, 4.69) is 39.9 Å². The Morgan fingerprint density at radius 3 is 2.11 bits per heavy atom. The lowest BCUT2D eigenvalue weighted by Gasteiger charge is -2.42. The Balaban J connectivity index is 2.58. The second kappa shape index (κ2) is 6.38. The van der Waals surface area contributed by atoms with Crippen LogP contribution in [0.15, 0.2) is 0 Å². The second-order valence-corrected chi connectivity index (χ2v) is 7.18. The molecule has 0 aliphatic heterocycles. The monoisotopic (exact) mass is 255 g/mol. The molecule has 0 saturated heterocycles. The molecule has 1 saturated carbocycles. The molecule has 18 heavy (non-hydrogen) atoms. The van der Waals surface area contributed by atoms with E-state index in [1.807, 2.05) is 0 Å². The van der Waals surface area contributed by atoms with E-state index in [0.29, 0.717) is 11.5 Å². The van der Waals surface area contributed by atoms with Crippen molar-refractivity contribution < 1.29 is 5.11 Å². The highest BCUT2D eigenvalue weighted by atomic mass is 16.3. The van der Waals surface area contributed by atoms with Gasteiger partial charge in [0.1, 0.15) is 0 Å². The molecule has 1 rings (SSSR count). The van der Waals surface area contributed by atoms with Crippen LogP contribution in [0.2, 0.25) is 0 Å². The van der Waals surface area contributed by atoms with Crippen LogP contribution in [0, 0.1) is 11.3 Å². The summed E-state index contributed by atoms with van der Waals surface area (Å²) >= 11 is 0. The van der Waals surface area contributed by atoms with Gasteiger partial charge in [0.25, 0.3) is 0 Å². The van der Waals surface area contributed by atoms with Crippen molar-refractivity contribution in [3.8, 4) is 0 Å². The minimum absolute atomic E-state index is 0.370. The first-order valence-electron chi connectivity index (χ1n) is 7.78. The zero-order valence-corrected chi connectivity index (χ0v) is 13.1. The van der Waals surface area contributed by atoms with Crippen LogP contribution in [0.25, 0.3) is 0 Å². The maximum absolute atomic E-state index is 10.4. The molecular weight excluding hydrogens is 222 g/mol. The third kappa shape index (κ3) is 4.24. The predicted octanol–water partition coefficient (Wildman–Crippen LogP) is 3.73. The summed E-state index contributed by atoms with van der Waals surface area (Å²) in [7, 11) is 0. The van der Waals surface area contributed by atoms with E-state index in [4.69, 9.17) is 0 Å². The maximum Gasteiger partial charge on any atom is 0.0766 e. The Morgan fingerprint density at radius 2 is 1.61 bits per heavy atom. The Labute approximate surface area is 114 Å². The van der Waals surface area contributed by atoms with Crippen LogP contribution in [0.3, 0.4) is 0 Å². The average molecular weight is 255 g/mol. The first-order valence-corrected chi connectivity index (χ1v) is 7.78. The normalized spacial score (nSPS) is 26.3. The first kappa shape index (κ1) is 16.0. The topological polar surface area (TPSA) is 32.3 Å². The minimum atomic E-state index is -0.514. The molecule has 1 aliphatic rings. The van der Waals surface area contributed by atoms with E-state index in [1.165, 1.54) is 25.7 Å². The van der Waals surface area contributed by atoms with E-state index in [-0.39, 0.29) is 0 Å². The van der Waals surface area contributed by atoms with Crippen LogP contribution in [0.1, 0.15) is 73.1 Å². The molecule has 0 aromatic rings. The first-order chi connectivity index (χ1) is 8.32. The standard InChI is InChI=1S/C16H33NO/c1-6-16(18,7-2)12-17-14-11-9-8-10-13(14)15(3,4)5/h13-14,17-18H,6-12H2,1-5H3. The van der Waals surface area contributed by atoms with Gasteiger partial charge in [-0.3, -0.25) is 0 Å². The van der Waals surface area contributed by atoms with Gasteiger partial charge in [-0.25, -0.2) is 0 Å². The fourth-order valence-electron chi connectivity index (χ4n) is 3.23. The third-order valence-electron chi connectivity index (χ3n) is 4.89. The average Bonchev–Trinajstić information content (AvgIpc) is 2.35. The quantitative estimate of drug-likeness (QED) is 0.784. The fourth-order valence-corrected chi connectivity index (χ4v) is 3.23. The summed E-state index contributed by atoms with van der Waals surface area (Å²) in [6, 6.07) is 0.586. The molecule has 2 heteroatoms. The number of rotatable bonds is 5. The Morgan fingerprint density at radius 1 is 1.06 bits per heavy atom. The fraction of sp³-hybridized carbons (Fsp3) is 1.00. The summed E-state index contributed by atoms with van der Waals surface area (Å²) in [6.45, 7) is 12.0. The van der Waals surface area contributed by atoms with Crippen molar-refractivity contribution in [3.05, 3.63) is 0 Å². The highest BCUT2D eigenvalue weighted by molar-refractivity contribution is 4.90. The number of hydrogen-bond acceptors (Lipinski definition) is 2. The molecule has 1 fully saturated rings. The van der Waals surface area contributed by atoms with Crippen LogP contribution < -0.4 is 5.32 Å². The smallest absolute Gasteiger partial charge is 0.0766 e. The van der Waals surface area contributed by atoms with Gasteiger partial charge in [-0.15, -0.1) is 0 Å². The molecular formula is C16H33NO. The number of nitrogens with one attached hydrogen (secondary N) is 1. The summed E-state index contributed by atoms with van der Waals surface area (Å²) < 4.78 is 0. The van der Waals surface area contributed by atoms with Crippen molar-refractivity contribution in [2.75, 3.05) is 6.54 Å². The van der Waals surface area contributed by atoms with Gasteiger partial charge >= 0.3 is 0 Å². The van der Waals surface area contributed by atoms with Gasteiger partial charge in [0.05, 0.1) is 5.60 Å². The van der Waals surface area contributed by atoms with Gasteiger partial charge in [-0.1, -0.05) is 47.5 Å². The lowest BCUT2D eigenvalue weighted by Crippen LogP contribution is -2.50. The largest absolute Gasteiger partial charge is 0.389 e. The summed E-state index contributed by atoms with van der Waals surface area (Å²) in [5.41, 5.74) is -0.144. The van der Waals surface area contributed by atoms with Crippen LogP contribution >= 0.6 is 0 Å². The highest BCUT2D eigenvalue weighted by Gasteiger charge is 2.35. The van der Waals surface area contributed by atoms with Gasteiger partial charge in [0.15, 0.2) is 0 Å². The summed E-state index contributed by atoms with van der Waals surface area (Å²) in [5.74, 6) is 0.740. The molecule has 0 aromatic heterocycles. The molecule has 1 aliphatic carbocycles. The van der Waals surface area contributed by atoms with Crippen LogP contribution in [-0.2, 0) is 0 Å². The maximum atomic E-state index is 10.4. The lowest BCUT2D eigenvalue weighted by molar-refractivity contribution is 0.0205. The zero-order valence-electron chi connectivity index (χ0n) is 13.1. The van der Waals surface area contributed by atoms with Crippen molar-refractivity contribution in [2.45, 2.75) is 84.8 Å². The molecule has 2 atom stereocenters. The van der Waals surface area contributed by atoms with Crippen molar-refractivity contribution >= 4 is 0 Å². The predicted molar refractivity (Wildman–Crippen MR) is 78.7 cm³/mol. The Kier molecular flexibility index (Phi) is 5.67. The summed E-state index contributed by atoms with van der Waals surface area (Å²) in [6.07, 6.45) is 6.98. The van der Waals surface area contributed by atoms with Gasteiger partial charge in [-0.2, -0.15) is 0 Å².